The van der Waals surface area contributed by atoms with Crippen LogP contribution in [0.1, 0.15) is 29.6 Å². The van der Waals surface area contributed by atoms with E-state index in [9.17, 15) is 4.79 Å². The van der Waals surface area contributed by atoms with Gasteiger partial charge in [-0.2, -0.15) is 0 Å². The number of anilines is 1. The average molecular weight is 433 g/mol. The third-order valence-electron chi connectivity index (χ3n) is 3.44. The highest BCUT2D eigenvalue weighted by Gasteiger charge is 1.98. The normalized spacial score (nSPS) is 9.63. The fourth-order valence-electron chi connectivity index (χ4n) is 2.13. The van der Waals surface area contributed by atoms with Crippen molar-refractivity contribution in [3.05, 3.63) is 82.7 Å². The van der Waals surface area contributed by atoms with Crippen LogP contribution in [0.25, 0.3) is 0 Å². The zero-order chi connectivity index (χ0) is 22.4. The minimum Gasteiger partial charge on any atom is -0.399 e. The molecular weight excluding hydrogens is 408 g/mol. The molecule has 0 amide bonds. The largest absolute Gasteiger partial charge is 0.399 e. The van der Waals surface area contributed by atoms with Gasteiger partial charge in [-0.3, -0.25) is 19.7 Å². The Morgan fingerprint density at radius 3 is 1.80 bits per heavy atom. The van der Waals surface area contributed by atoms with Gasteiger partial charge in [0.15, 0.2) is 0 Å². The number of pyridine rings is 3. The molecule has 0 atom stereocenters. The lowest BCUT2D eigenvalue weighted by Gasteiger charge is -1.99. The summed E-state index contributed by atoms with van der Waals surface area (Å²) in [7, 11) is 0. The SMILES string of the molecule is CC(=O)Cc1ccnc(CO)c1.Nc1ccnc(CO)c1.OCc1cc(Cl)ccn1. The molecule has 0 spiro atoms. The minimum atomic E-state index is -0.0776. The number of aromatic nitrogens is 3. The minimum absolute atomic E-state index is 0.0506. The van der Waals surface area contributed by atoms with Crippen LogP contribution in [0.15, 0.2) is 55.0 Å². The van der Waals surface area contributed by atoms with Crippen molar-refractivity contribution >= 4 is 23.1 Å². The number of carbonyl (C=O) groups excluding carboxylic acids is 1. The summed E-state index contributed by atoms with van der Waals surface area (Å²) in [6.07, 6.45) is 5.15. The lowest BCUT2D eigenvalue weighted by molar-refractivity contribution is -0.116. The van der Waals surface area contributed by atoms with Crippen molar-refractivity contribution in [2.45, 2.75) is 33.2 Å². The molecule has 3 rings (SSSR count). The van der Waals surface area contributed by atoms with Gasteiger partial charge >= 0.3 is 0 Å². The standard InChI is InChI=1S/C9H11NO2.C6H6ClNO.C6H8N2O/c1-7(12)4-8-2-3-10-9(5-8)6-11;2*7-5-1-2-8-6(3-5)4-9/h2-3,5,11H,4,6H2,1H3;1-3,9H,4H2;1-3,9H,4H2,(H2,7,8). The Hall–Kier alpha value is -2.91. The van der Waals surface area contributed by atoms with E-state index in [0.717, 1.165) is 5.56 Å². The second kappa shape index (κ2) is 14.1. The van der Waals surface area contributed by atoms with E-state index in [2.05, 4.69) is 15.0 Å². The molecule has 3 heterocycles. The highest BCUT2D eigenvalue weighted by atomic mass is 35.5. The van der Waals surface area contributed by atoms with Gasteiger partial charge in [0.25, 0.3) is 0 Å². The zero-order valence-corrected chi connectivity index (χ0v) is 17.3. The van der Waals surface area contributed by atoms with Gasteiger partial charge in [-0.05, 0) is 48.9 Å². The van der Waals surface area contributed by atoms with Gasteiger partial charge in [-0.1, -0.05) is 11.6 Å². The summed E-state index contributed by atoms with van der Waals surface area (Å²) >= 11 is 5.57. The molecule has 5 N–H and O–H groups in total. The third-order valence-corrected chi connectivity index (χ3v) is 3.67. The maximum Gasteiger partial charge on any atom is 0.134 e. The number of aliphatic hydroxyl groups excluding tert-OH is 3. The van der Waals surface area contributed by atoms with Crippen LogP contribution in [-0.4, -0.2) is 36.1 Å². The predicted octanol–water partition coefficient (Wildman–Crippen LogP) is 2.09. The van der Waals surface area contributed by atoms with Crippen molar-refractivity contribution < 1.29 is 20.1 Å². The second-order valence-corrected chi connectivity index (χ2v) is 6.49. The number of carbonyl (C=O) groups is 1. The van der Waals surface area contributed by atoms with Crippen molar-refractivity contribution in [1.82, 2.24) is 15.0 Å². The zero-order valence-electron chi connectivity index (χ0n) is 16.6. The Kier molecular flexibility index (Phi) is 11.8. The second-order valence-electron chi connectivity index (χ2n) is 6.05. The van der Waals surface area contributed by atoms with E-state index in [0.29, 0.717) is 34.2 Å². The van der Waals surface area contributed by atoms with E-state index in [4.69, 9.17) is 32.7 Å². The number of halogens is 1. The molecule has 0 aliphatic heterocycles. The van der Waals surface area contributed by atoms with Crippen LogP contribution in [0.2, 0.25) is 5.02 Å². The fraction of sp³-hybridized carbons (Fsp3) is 0.238. The van der Waals surface area contributed by atoms with Gasteiger partial charge in [0.1, 0.15) is 5.78 Å². The van der Waals surface area contributed by atoms with E-state index in [-0.39, 0.29) is 25.6 Å². The molecule has 9 heteroatoms. The molecule has 0 radical (unpaired) electrons. The van der Waals surface area contributed by atoms with Crippen LogP contribution < -0.4 is 5.73 Å². The van der Waals surface area contributed by atoms with Gasteiger partial charge in [0.05, 0.1) is 36.9 Å². The highest BCUT2D eigenvalue weighted by molar-refractivity contribution is 6.30. The van der Waals surface area contributed by atoms with Gasteiger partial charge < -0.3 is 21.1 Å². The van der Waals surface area contributed by atoms with Gasteiger partial charge in [-0.15, -0.1) is 0 Å². The topological polar surface area (TPSA) is 142 Å². The smallest absolute Gasteiger partial charge is 0.134 e. The molecule has 0 saturated carbocycles. The molecular formula is C21H25ClN4O4. The quantitative estimate of drug-likeness (QED) is 0.480. The third kappa shape index (κ3) is 10.6. The number of ketones is 1. The summed E-state index contributed by atoms with van der Waals surface area (Å²) in [6.45, 7) is 1.36. The van der Waals surface area contributed by atoms with E-state index in [1.807, 2.05) is 0 Å². The number of Topliss-reactive ketones (excluding diaryl/α,β-unsaturated/α-hetero) is 1. The summed E-state index contributed by atoms with van der Waals surface area (Å²) < 4.78 is 0. The molecule has 0 aromatic carbocycles. The Bertz CT molecular complexity index is 879. The molecule has 8 nitrogen and oxygen atoms in total. The first-order valence-corrected chi connectivity index (χ1v) is 9.32. The van der Waals surface area contributed by atoms with Gasteiger partial charge in [0.2, 0.25) is 0 Å². The van der Waals surface area contributed by atoms with Gasteiger partial charge in [-0.25, -0.2) is 0 Å². The molecule has 0 aliphatic rings. The van der Waals surface area contributed by atoms with Crippen molar-refractivity contribution in [1.29, 1.82) is 0 Å². The Balaban J connectivity index is 0.000000229. The molecule has 30 heavy (non-hydrogen) atoms. The molecule has 0 unspecified atom stereocenters. The monoisotopic (exact) mass is 432 g/mol. The van der Waals surface area contributed by atoms with E-state index < -0.39 is 0 Å². The first kappa shape index (κ1) is 25.1. The average Bonchev–Trinajstić information content (AvgIpc) is 2.74. The van der Waals surface area contributed by atoms with E-state index in [1.165, 1.54) is 0 Å². The number of nitrogens with two attached hydrogens (primary N) is 1. The van der Waals surface area contributed by atoms with Crippen LogP contribution in [0, 0.1) is 0 Å². The van der Waals surface area contributed by atoms with Crippen molar-refractivity contribution in [2.75, 3.05) is 5.73 Å². The van der Waals surface area contributed by atoms with Crippen LogP contribution >= 0.6 is 11.6 Å². The summed E-state index contributed by atoms with van der Waals surface area (Å²) in [5, 5.41) is 26.4. The molecule has 0 aliphatic carbocycles. The molecule has 160 valence electrons. The summed E-state index contributed by atoms with van der Waals surface area (Å²) in [4.78, 5) is 22.3. The molecule has 0 saturated heterocycles. The van der Waals surface area contributed by atoms with Crippen molar-refractivity contribution in [2.24, 2.45) is 0 Å². The number of nitrogen functional groups attached to an aromatic ring is 1. The molecule has 0 fully saturated rings. The van der Waals surface area contributed by atoms with Crippen molar-refractivity contribution in [3.63, 3.8) is 0 Å². The molecule has 3 aromatic heterocycles. The molecule has 0 bridgehead atoms. The highest BCUT2D eigenvalue weighted by Crippen LogP contribution is 2.07. The number of nitrogens with zero attached hydrogens (tertiary/aromatic N) is 3. The van der Waals surface area contributed by atoms with Crippen LogP contribution in [0.4, 0.5) is 5.69 Å². The lowest BCUT2D eigenvalue weighted by Crippen LogP contribution is -1.98. The Morgan fingerprint density at radius 1 is 0.867 bits per heavy atom. The van der Waals surface area contributed by atoms with Gasteiger partial charge in [0, 0.05) is 35.7 Å². The summed E-state index contributed by atoms with van der Waals surface area (Å²) in [6, 6.07) is 10.1. The van der Waals surface area contributed by atoms with Crippen molar-refractivity contribution in [3.8, 4) is 0 Å². The van der Waals surface area contributed by atoms with E-state index in [1.54, 1.807) is 61.9 Å². The number of rotatable bonds is 5. The first-order chi connectivity index (χ1) is 14.4. The lowest BCUT2D eigenvalue weighted by atomic mass is 10.1. The molecule has 3 aromatic rings. The van der Waals surface area contributed by atoms with Crippen LogP contribution in [0.3, 0.4) is 0 Å². The van der Waals surface area contributed by atoms with Crippen LogP contribution in [-0.2, 0) is 31.0 Å². The summed E-state index contributed by atoms with van der Waals surface area (Å²) in [5.41, 5.74) is 8.73. The predicted molar refractivity (Wildman–Crippen MR) is 114 cm³/mol. The maximum absolute atomic E-state index is 10.7. The fourth-order valence-corrected chi connectivity index (χ4v) is 2.31. The number of hydrogen-bond acceptors (Lipinski definition) is 8. The number of hydrogen-bond donors (Lipinski definition) is 4. The Labute approximate surface area is 180 Å². The maximum atomic E-state index is 10.7. The van der Waals surface area contributed by atoms with Crippen LogP contribution in [0.5, 0.6) is 0 Å². The number of aliphatic hydroxyl groups is 3. The summed E-state index contributed by atoms with van der Waals surface area (Å²) in [5.74, 6) is 0.116. The first-order valence-electron chi connectivity index (χ1n) is 8.94. The Morgan fingerprint density at radius 2 is 1.37 bits per heavy atom. The van der Waals surface area contributed by atoms with E-state index >= 15 is 0 Å².